The lowest BCUT2D eigenvalue weighted by Crippen LogP contribution is -2.02. The fraction of sp³-hybridized carbons (Fsp3) is 0.286. The first-order valence-corrected chi connectivity index (χ1v) is 3.34. The van der Waals surface area contributed by atoms with Crippen LogP contribution in [0, 0.1) is 0 Å². The van der Waals surface area contributed by atoms with Crippen LogP contribution in [0.1, 0.15) is 0 Å². The van der Waals surface area contributed by atoms with Gasteiger partial charge in [-0.15, -0.1) is 0 Å². The molecule has 0 bridgehead atoms. The minimum Gasteiger partial charge on any atom is -0.501 e. The molecule has 0 saturated carbocycles. The molecule has 0 aliphatic carbocycles. The van der Waals surface area contributed by atoms with E-state index < -0.39 is 24.1 Å². The quantitative estimate of drug-likeness (QED) is 0.407. The molecule has 0 atom stereocenters. The number of esters is 1. The number of aliphatic hydroxyl groups is 3. The lowest BCUT2D eigenvalue weighted by atomic mass is 10.3. The molecule has 0 fully saturated rings. The third-order valence-electron chi connectivity index (χ3n) is 1.47. The maximum Gasteiger partial charge on any atom is 0.383 e. The molecule has 13 heavy (non-hydrogen) atoms. The summed E-state index contributed by atoms with van der Waals surface area (Å²) in [5.74, 6) is -3.17. The molecule has 0 amide bonds. The van der Waals surface area contributed by atoms with Gasteiger partial charge in [0.1, 0.15) is 6.61 Å². The first-order chi connectivity index (χ1) is 6.11. The highest BCUT2D eigenvalue weighted by Gasteiger charge is 2.32. The van der Waals surface area contributed by atoms with Gasteiger partial charge in [-0.3, -0.25) is 0 Å². The van der Waals surface area contributed by atoms with E-state index in [2.05, 4.69) is 9.47 Å². The number of hydrogen-bond acceptors (Lipinski definition) is 6. The predicted octanol–water partition coefficient (Wildman–Crippen LogP) is -0.279. The van der Waals surface area contributed by atoms with Gasteiger partial charge < -0.3 is 24.8 Å². The van der Waals surface area contributed by atoms with Crippen LogP contribution in [0.2, 0.25) is 0 Å². The van der Waals surface area contributed by atoms with Crippen LogP contribution in [-0.2, 0) is 14.3 Å². The minimum atomic E-state index is -1.07. The smallest absolute Gasteiger partial charge is 0.383 e. The highest BCUT2D eigenvalue weighted by molar-refractivity contribution is 5.91. The molecule has 0 unspecified atom stereocenters. The monoisotopic (exact) mass is 188 g/mol. The fourth-order valence-corrected chi connectivity index (χ4v) is 0.812. The van der Waals surface area contributed by atoms with Crippen LogP contribution in [0.3, 0.4) is 0 Å². The molecule has 1 aliphatic heterocycles. The number of methoxy groups -OCH3 is 1. The van der Waals surface area contributed by atoms with E-state index in [1.54, 1.807) is 0 Å². The molecule has 0 aromatic carbocycles. The van der Waals surface area contributed by atoms with Crippen LogP contribution in [0.4, 0.5) is 0 Å². The fourth-order valence-electron chi connectivity index (χ4n) is 0.812. The molecule has 0 radical (unpaired) electrons. The molecule has 3 N–H and O–H groups in total. The number of aliphatic hydroxyl groups excluding tert-OH is 3. The van der Waals surface area contributed by atoms with Crippen molar-refractivity contribution in [1.82, 2.24) is 0 Å². The molecular weight excluding hydrogens is 180 g/mol. The van der Waals surface area contributed by atoms with Gasteiger partial charge in [-0.2, -0.15) is 0 Å². The predicted molar refractivity (Wildman–Crippen MR) is 39.5 cm³/mol. The molecule has 72 valence electrons. The topological polar surface area (TPSA) is 96.2 Å². The third kappa shape index (κ3) is 1.43. The Labute approximate surface area is 73.3 Å². The van der Waals surface area contributed by atoms with Gasteiger partial charge in [0.15, 0.2) is 5.76 Å². The average molecular weight is 188 g/mol. The van der Waals surface area contributed by atoms with Crippen molar-refractivity contribution in [2.75, 3.05) is 13.7 Å². The van der Waals surface area contributed by atoms with E-state index in [0.717, 1.165) is 0 Å². The Morgan fingerprint density at radius 2 is 2.08 bits per heavy atom. The van der Waals surface area contributed by atoms with Gasteiger partial charge in [0, 0.05) is 0 Å². The minimum absolute atomic E-state index is 0.130. The second kappa shape index (κ2) is 3.36. The van der Waals surface area contributed by atoms with Crippen molar-refractivity contribution in [3.8, 4) is 0 Å². The summed E-state index contributed by atoms with van der Waals surface area (Å²) >= 11 is 0. The van der Waals surface area contributed by atoms with E-state index in [4.69, 9.17) is 15.3 Å². The van der Waals surface area contributed by atoms with Crippen molar-refractivity contribution in [1.29, 1.82) is 0 Å². The molecular formula is C7H8O6. The summed E-state index contributed by atoms with van der Waals surface area (Å²) in [5.41, 5.74) is 0. The first-order valence-electron chi connectivity index (χ1n) is 3.34. The van der Waals surface area contributed by atoms with E-state index in [1.165, 1.54) is 7.11 Å². The van der Waals surface area contributed by atoms with Gasteiger partial charge in [-0.25, -0.2) is 4.79 Å². The zero-order valence-electron chi connectivity index (χ0n) is 6.77. The summed E-state index contributed by atoms with van der Waals surface area (Å²) in [6.45, 7) is -0.545. The summed E-state index contributed by atoms with van der Waals surface area (Å²) in [4.78, 5) is 10.7. The number of cyclic esters (lactones) is 1. The lowest BCUT2D eigenvalue weighted by molar-refractivity contribution is -0.136. The van der Waals surface area contributed by atoms with Gasteiger partial charge in [0.05, 0.1) is 7.11 Å². The normalized spacial score (nSPS) is 20.3. The largest absolute Gasteiger partial charge is 0.501 e. The molecule has 6 heteroatoms. The summed E-state index contributed by atoms with van der Waals surface area (Å²) in [6, 6.07) is 0. The van der Waals surface area contributed by atoms with E-state index in [9.17, 15) is 4.79 Å². The van der Waals surface area contributed by atoms with Gasteiger partial charge in [-0.05, 0) is 0 Å². The summed E-state index contributed by atoms with van der Waals surface area (Å²) in [5, 5.41) is 26.6. The highest BCUT2D eigenvalue weighted by Crippen LogP contribution is 2.25. The molecule has 1 rings (SSSR count). The molecule has 0 aromatic heterocycles. The van der Waals surface area contributed by atoms with Crippen LogP contribution in [-0.4, -0.2) is 35.0 Å². The first kappa shape index (κ1) is 9.40. The van der Waals surface area contributed by atoms with Crippen molar-refractivity contribution < 1.29 is 29.6 Å². The standard InChI is InChI=1S/C7H8O6/c1-12-3(2-8)6-4(9)5(10)7(11)13-6/h8-10H,2H2,1H3/b6-3+. The Kier molecular flexibility index (Phi) is 2.43. The summed E-state index contributed by atoms with van der Waals surface area (Å²) in [7, 11) is 1.23. The van der Waals surface area contributed by atoms with Gasteiger partial charge in [-0.1, -0.05) is 0 Å². The maximum absolute atomic E-state index is 10.7. The number of carbonyl (C=O) groups excluding carboxylic acids is 1. The summed E-state index contributed by atoms with van der Waals surface area (Å²) < 4.78 is 9.01. The Morgan fingerprint density at radius 3 is 2.38 bits per heavy atom. The van der Waals surface area contributed by atoms with Crippen molar-refractivity contribution in [3.63, 3.8) is 0 Å². The zero-order valence-corrected chi connectivity index (χ0v) is 6.77. The van der Waals surface area contributed by atoms with E-state index in [-0.39, 0.29) is 11.5 Å². The van der Waals surface area contributed by atoms with Crippen LogP contribution in [0.25, 0.3) is 0 Å². The lowest BCUT2D eigenvalue weighted by Gasteiger charge is -2.04. The maximum atomic E-state index is 10.7. The van der Waals surface area contributed by atoms with Crippen molar-refractivity contribution in [2.24, 2.45) is 0 Å². The van der Waals surface area contributed by atoms with Crippen molar-refractivity contribution in [2.45, 2.75) is 0 Å². The number of hydrogen-bond donors (Lipinski definition) is 3. The third-order valence-corrected chi connectivity index (χ3v) is 1.47. The van der Waals surface area contributed by atoms with E-state index in [1.807, 2.05) is 0 Å². The number of ether oxygens (including phenoxy) is 2. The number of carbonyl (C=O) groups is 1. The van der Waals surface area contributed by atoms with Gasteiger partial charge >= 0.3 is 5.97 Å². The van der Waals surface area contributed by atoms with Crippen LogP contribution >= 0.6 is 0 Å². The van der Waals surface area contributed by atoms with Crippen LogP contribution < -0.4 is 0 Å². The van der Waals surface area contributed by atoms with Crippen LogP contribution in [0.5, 0.6) is 0 Å². The number of rotatable bonds is 2. The van der Waals surface area contributed by atoms with E-state index in [0.29, 0.717) is 0 Å². The Balaban J connectivity index is 3.11. The second-order valence-corrected chi connectivity index (χ2v) is 2.20. The second-order valence-electron chi connectivity index (χ2n) is 2.20. The van der Waals surface area contributed by atoms with E-state index >= 15 is 0 Å². The van der Waals surface area contributed by atoms with Crippen LogP contribution in [0.15, 0.2) is 23.0 Å². The summed E-state index contributed by atoms with van der Waals surface area (Å²) in [6.07, 6.45) is 0. The SMILES string of the molecule is CO/C(CO)=C1/OC(=O)C(O)=C1O. The Bertz CT molecular complexity index is 294. The average Bonchev–Trinajstić information content (AvgIpc) is 2.36. The molecule has 6 nitrogen and oxygen atoms in total. The van der Waals surface area contributed by atoms with Crippen molar-refractivity contribution in [3.05, 3.63) is 23.0 Å². The Hall–Kier alpha value is -1.69. The van der Waals surface area contributed by atoms with Gasteiger partial charge in [0.2, 0.25) is 17.3 Å². The van der Waals surface area contributed by atoms with Crippen molar-refractivity contribution >= 4 is 5.97 Å². The molecule has 0 saturated heterocycles. The molecule has 0 spiro atoms. The Morgan fingerprint density at radius 1 is 1.46 bits per heavy atom. The molecule has 1 aliphatic rings. The van der Waals surface area contributed by atoms with Gasteiger partial charge in [0.25, 0.3) is 0 Å². The highest BCUT2D eigenvalue weighted by atomic mass is 16.6. The molecule has 0 aromatic rings. The zero-order chi connectivity index (χ0) is 10.0. The molecule has 1 heterocycles.